The lowest BCUT2D eigenvalue weighted by Crippen LogP contribution is -2.01. The Morgan fingerprint density at radius 2 is 2.39 bits per heavy atom. The van der Waals surface area contributed by atoms with Crippen LogP contribution in [0.5, 0.6) is 0 Å². The summed E-state index contributed by atoms with van der Waals surface area (Å²) in [7, 11) is 0. The number of hydrogen-bond acceptors (Lipinski definition) is 5. The molecule has 0 saturated heterocycles. The van der Waals surface area contributed by atoms with E-state index in [-0.39, 0.29) is 12.4 Å². The summed E-state index contributed by atoms with van der Waals surface area (Å²) in [6.07, 6.45) is 6.94. The molecule has 18 heavy (non-hydrogen) atoms. The van der Waals surface area contributed by atoms with E-state index in [1.165, 1.54) is 6.33 Å². The maximum Gasteiger partial charge on any atom is 0.309 e. The Bertz CT molecular complexity index is 589. The molecule has 2 rings (SSSR count). The Balaban J connectivity index is 2.17. The van der Waals surface area contributed by atoms with Crippen LogP contribution in [0.3, 0.4) is 0 Å². The molecule has 2 aromatic heterocycles. The average molecular weight is 246 g/mol. The molecular formula is C12H14N4O2. The van der Waals surface area contributed by atoms with Gasteiger partial charge in [-0.15, -0.1) is 0 Å². The quantitative estimate of drug-likeness (QED) is 0.797. The summed E-state index contributed by atoms with van der Waals surface area (Å²) in [6, 6.07) is 0. The molecule has 6 heteroatoms. The van der Waals surface area contributed by atoms with Gasteiger partial charge < -0.3 is 15.5 Å². The Hall–Kier alpha value is -2.37. The fourth-order valence-corrected chi connectivity index (χ4v) is 1.65. The van der Waals surface area contributed by atoms with Crippen LogP contribution in [0.25, 0.3) is 17.1 Å². The molecule has 0 amide bonds. The van der Waals surface area contributed by atoms with Crippen LogP contribution in [0.2, 0.25) is 0 Å². The van der Waals surface area contributed by atoms with Crippen molar-refractivity contribution in [1.29, 1.82) is 0 Å². The number of nitrogens with zero attached hydrogens (tertiary/aromatic N) is 2. The number of ether oxygens (including phenoxy) is 1. The molecule has 94 valence electrons. The number of rotatable bonds is 4. The van der Waals surface area contributed by atoms with Crippen molar-refractivity contribution >= 4 is 28.9 Å². The minimum atomic E-state index is -0.252. The van der Waals surface area contributed by atoms with Gasteiger partial charge in [0.2, 0.25) is 0 Å². The highest BCUT2D eigenvalue weighted by molar-refractivity contribution is 5.94. The van der Waals surface area contributed by atoms with Gasteiger partial charge >= 0.3 is 5.97 Å². The number of carbonyl (C=O) groups is 1. The van der Waals surface area contributed by atoms with Crippen LogP contribution in [-0.2, 0) is 9.53 Å². The lowest BCUT2D eigenvalue weighted by atomic mass is 10.2. The van der Waals surface area contributed by atoms with Crippen LogP contribution in [-0.4, -0.2) is 27.5 Å². The molecule has 3 N–H and O–H groups in total. The third-order valence-electron chi connectivity index (χ3n) is 2.42. The minimum Gasteiger partial charge on any atom is -0.466 e. The van der Waals surface area contributed by atoms with Gasteiger partial charge in [-0.25, -0.2) is 9.97 Å². The number of nitrogens with one attached hydrogen (secondary N) is 1. The van der Waals surface area contributed by atoms with Crippen molar-refractivity contribution in [2.24, 2.45) is 0 Å². The smallest absolute Gasteiger partial charge is 0.309 e. The van der Waals surface area contributed by atoms with Crippen LogP contribution in [0.4, 0.5) is 5.82 Å². The highest BCUT2D eigenvalue weighted by Gasteiger charge is 2.06. The van der Waals surface area contributed by atoms with Gasteiger partial charge in [0.15, 0.2) is 0 Å². The lowest BCUT2D eigenvalue weighted by molar-refractivity contribution is -0.142. The van der Waals surface area contributed by atoms with Crippen molar-refractivity contribution in [2.45, 2.75) is 13.3 Å². The molecule has 0 aliphatic rings. The highest BCUT2D eigenvalue weighted by atomic mass is 16.5. The maximum absolute atomic E-state index is 11.2. The zero-order chi connectivity index (χ0) is 13.0. The van der Waals surface area contributed by atoms with Crippen molar-refractivity contribution in [2.75, 3.05) is 12.3 Å². The van der Waals surface area contributed by atoms with Gasteiger partial charge in [-0.05, 0) is 6.92 Å². The molecule has 0 aromatic carbocycles. The zero-order valence-corrected chi connectivity index (χ0v) is 10.0. The van der Waals surface area contributed by atoms with E-state index < -0.39 is 0 Å². The Morgan fingerprint density at radius 3 is 3.17 bits per heavy atom. The molecule has 0 saturated carbocycles. The maximum atomic E-state index is 11.2. The minimum absolute atomic E-state index is 0.230. The molecule has 0 aliphatic heterocycles. The average Bonchev–Trinajstić information content (AvgIpc) is 2.74. The molecule has 0 radical (unpaired) electrons. The molecule has 0 aliphatic carbocycles. The summed E-state index contributed by atoms with van der Waals surface area (Å²) in [5.74, 6) is 0.162. The normalized spacial score (nSPS) is 11.2. The second kappa shape index (κ2) is 5.31. The van der Waals surface area contributed by atoms with Crippen LogP contribution in [0, 0.1) is 0 Å². The zero-order valence-electron chi connectivity index (χ0n) is 10.0. The van der Waals surface area contributed by atoms with E-state index in [1.54, 1.807) is 25.3 Å². The van der Waals surface area contributed by atoms with Crippen LogP contribution in [0.1, 0.15) is 18.9 Å². The number of anilines is 1. The third kappa shape index (κ3) is 2.48. The molecule has 0 atom stereocenters. The first-order valence-corrected chi connectivity index (χ1v) is 5.62. The fourth-order valence-electron chi connectivity index (χ4n) is 1.65. The molecule has 6 nitrogen and oxygen atoms in total. The van der Waals surface area contributed by atoms with Gasteiger partial charge in [0, 0.05) is 11.8 Å². The van der Waals surface area contributed by atoms with Crippen molar-refractivity contribution < 1.29 is 9.53 Å². The van der Waals surface area contributed by atoms with Crippen molar-refractivity contribution in [3.63, 3.8) is 0 Å². The lowest BCUT2D eigenvalue weighted by Gasteiger charge is -1.97. The van der Waals surface area contributed by atoms with E-state index in [1.807, 2.05) is 0 Å². The van der Waals surface area contributed by atoms with Crippen molar-refractivity contribution in [1.82, 2.24) is 15.0 Å². The Morgan fingerprint density at radius 1 is 1.56 bits per heavy atom. The summed E-state index contributed by atoms with van der Waals surface area (Å²) in [5.41, 5.74) is 7.32. The third-order valence-corrected chi connectivity index (χ3v) is 2.42. The fraction of sp³-hybridized carbons (Fsp3) is 0.250. The molecule has 0 spiro atoms. The second-order valence-corrected chi connectivity index (χ2v) is 3.64. The van der Waals surface area contributed by atoms with E-state index in [0.29, 0.717) is 18.1 Å². The number of hydrogen-bond donors (Lipinski definition) is 2. The number of esters is 1. The van der Waals surface area contributed by atoms with Gasteiger partial charge in [-0.2, -0.15) is 0 Å². The largest absolute Gasteiger partial charge is 0.466 e. The standard InChI is InChI=1S/C12H14N4O2/c1-2-18-9(17)5-3-4-8-6-14-12-10(8)11(13)15-7-16-12/h3-4,6-7H,2,5H2,1H3,(H3,13,14,15,16). The number of carbonyl (C=O) groups excluding carboxylic acids is 1. The van der Waals surface area contributed by atoms with Gasteiger partial charge in [-0.3, -0.25) is 4.79 Å². The summed E-state index contributed by atoms with van der Waals surface area (Å²) < 4.78 is 4.83. The van der Waals surface area contributed by atoms with Crippen molar-refractivity contribution in [3.8, 4) is 0 Å². The van der Waals surface area contributed by atoms with E-state index in [2.05, 4.69) is 15.0 Å². The number of nitrogens with two attached hydrogens (primary N) is 1. The van der Waals surface area contributed by atoms with E-state index in [4.69, 9.17) is 10.5 Å². The van der Waals surface area contributed by atoms with Gasteiger partial charge in [0.1, 0.15) is 17.8 Å². The van der Waals surface area contributed by atoms with Crippen LogP contribution in [0.15, 0.2) is 18.6 Å². The molecular weight excluding hydrogens is 232 g/mol. The summed E-state index contributed by atoms with van der Waals surface area (Å²) in [4.78, 5) is 22.2. The number of fused-ring (bicyclic) bond motifs is 1. The predicted molar refractivity (Wildman–Crippen MR) is 68.6 cm³/mol. The number of nitrogen functional groups attached to an aromatic ring is 1. The van der Waals surface area contributed by atoms with E-state index >= 15 is 0 Å². The van der Waals surface area contributed by atoms with Crippen LogP contribution < -0.4 is 5.73 Å². The summed E-state index contributed by atoms with van der Waals surface area (Å²) in [6.45, 7) is 2.17. The predicted octanol–water partition coefficient (Wildman–Crippen LogP) is 1.51. The summed E-state index contributed by atoms with van der Waals surface area (Å²) in [5, 5.41) is 0.762. The molecule has 2 heterocycles. The van der Waals surface area contributed by atoms with E-state index in [0.717, 1.165) is 10.9 Å². The number of H-pyrrole nitrogens is 1. The molecule has 0 fully saturated rings. The van der Waals surface area contributed by atoms with E-state index in [9.17, 15) is 4.79 Å². The molecule has 2 aromatic rings. The first kappa shape index (κ1) is 12.1. The first-order valence-electron chi connectivity index (χ1n) is 5.62. The Kier molecular flexibility index (Phi) is 3.57. The Labute approximate surface area is 104 Å². The van der Waals surface area contributed by atoms with Gasteiger partial charge in [0.05, 0.1) is 18.4 Å². The topological polar surface area (TPSA) is 93.9 Å². The van der Waals surface area contributed by atoms with Gasteiger partial charge in [0.25, 0.3) is 0 Å². The number of aromatic amines is 1. The second-order valence-electron chi connectivity index (χ2n) is 3.64. The monoisotopic (exact) mass is 246 g/mol. The van der Waals surface area contributed by atoms with Crippen molar-refractivity contribution in [3.05, 3.63) is 24.2 Å². The highest BCUT2D eigenvalue weighted by Crippen LogP contribution is 2.21. The first-order chi connectivity index (χ1) is 8.72. The molecule has 0 unspecified atom stereocenters. The van der Waals surface area contributed by atoms with Gasteiger partial charge in [-0.1, -0.05) is 12.2 Å². The van der Waals surface area contributed by atoms with Crippen LogP contribution >= 0.6 is 0 Å². The number of aromatic nitrogens is 3. The molecule has 0 bridgehead atoms. The SMILES string of the molecule is CCOC(=O)CC=Cc1c[nH]c2ncnc(N)c12. The summed E-state index contributed by atoms with van der Waals surface area (Å²) >= 11 is 0.